The van der Waals surface area contributed by atoms with Gasteiger partial charge in [0.05, 0.1) is 6.10 Å². The molecule has 1 aromatic carbocycles. The minimum Gasteiger partial charge on any atom is -0.487 e. The summed E-state index contributed by atoms with van der Waals surface area (Å²) in [7, 11) is 0. The van der Waals surface area contributed by atoms with Crippen molar-refractivity contribution in [3.8, 4) is 5.75 Å². The van der Waals surface area contributed by atoms with Crippen LogP contribution in [0.15, 0.2) is 18.2 Å². The number of nitrogens with two attached hydrogens (primary N) is 1. The molecule has 1 saturated carbocycles. The summed E-state index contributed by atoms with van der Waals surface area (Å²) in [6.45, 7) is 1.86. The monoisotopic (exact) mass is 251 g/mol. The van der Waals surface area contributed by atoms with Gasteiger partial charge in [0.2, 0.25) is 0 Å². The van der Waals surface area contributed by atoms with Crippen LogP contribution >= 0.6 is 0 Å². The van der Waals surface area contributed by atoms with Gasteiger partial charge in [-0.1, -0.05) is 25.0 Å². The molecule has 1 aliphatic rings. The molecule has 0 aromatic heterocycles. The Morgan fingerprint density at radius 2 is 1.89 bits per heavy atom. The summed E-state index contributed by atoms with van der Waals surface area (Å²) in [4.78, 5) is 0. The molecule has 0 bridgehead atoms. The predicted octanol–water partition coefficient (Wildman–Crippen LogP) is 3.95. The fraction of sp³-hybridized carbons (Fsp3) is 0.600. The van der Waals surface area contributed by atoms with E-state index >= 15 is 0 Å². The van der Waals surface area contributed by atoms with Gasteiger partial charge in [-0.25, -0.2) is 4.39 Å². The van der Waals surface area contributed by atoms with Gasteiger partial charge < -0.3 is 10.5 Å². The first-order valence-corrected chi connectivity index (χ1v) is 6.89. The lowest BCUT2D eigenvalue weighted by Crippen LogP contribution is -2.18. The van der Waals surface area contributed by atoms with Crippen molar-refractivity contribution in [1.29, 1.82) is 0 Å². The summed E-state index contributed by atoms with van der Waals surface area (Å²) in [5.41, 5.74) is 6.64. The second-order valence-corrected chi connectivity index (χ2v) is 5.18. The number of para-hydroxylation sites is 1. The molecule has 18 heavy (non-hydrogen) atoms. The van der Waals surface area contributed by atoms with E-state index in [2.05, 4.69) is 0 Å². The van der Waals surface area contributed by atoms with Gasteiger partial charge in [0.1, 0.15) is 0 Å². The van der Waals surface area contributed by atoms with Crippen molar-refractivity contribution >= 4 is 0 Å². The zero-order valence-corrected chi connectivity index (χ0v) is 11.0. The number of hydrogen-bond donors (Lipinski definition) is 1. The van der Waals surface area contributed by atoms with Crippen LogP contribution in [0.4, 0.5) is 4.39 Å². The standard InChI is InChI=1S/C15H22FNO/c1-11(17)13-9-6-10-14(16)15(13)18-12-7-4-2-3-5-8-12/h6,9-12H,2-5,7-8,17H2,1H3/t11-/m1/s1. The highest BCUT2D eigenvalue weighted by Gasteiger charge is 2.19. The summed E-state index contributed by atoms with van der Waals surface area (Å²) in [6, 6.07) is 4.77. The first-order valence-electron chi connectivity index (χ1n) is 6.89. The van der Waals surface area contributed by atoms with Gasteiger partial charge in [-0.2, -0.15) is 0 Å². The quantitative estimate of drug-likeness (QED) is 0.826. The van der Waals surface area contributed by atoms with Crippen molar-refractivity contribution in [1.82, 2.24) is 0 Å². The molecule has 2 rings (SSSR count). The summed E-state index contributed by atoms with van der Waals surface area (Å²) in [5, 5.41) is 0. The maximum absolute atomic E-state index is 13.9. The van der Waals surface area contributed by atoms with E-state index in [4.69, 9.17) is 10.5 Å². The molecule has 0 amide bonds. The summed E-state index contributed by atoms with van der Waals surface area (Å²) in [5.74, 6) is 0.0634. The number of halogens is 1. The molecule has 1 atom stereocenters. The van der Waals surface area contributed by atoms with Crippen LogP contribution in [0.3, 0.4) is 0 Å². The van der Waals surface area contributed by atoms with Gasteiger partial charge in [-0.3, -0.25) is 0 Å². The van der Waals surface area contributed by atoms with Crippen molar-refractivity contribution in [2.45, 2.75) is 57.6 Å². The molecule has 0 radical (unpaired) electrons. The minimum atomic E-state index is -0.297. The van der Waals surface area contributed by atoms with Gasteiger partial charge in [0.25, 0.3) is 0 Å². The topological polar surface area (TPSA) is 35.2 Å². The van der Waals surface area contributed by atoms with Crippen LogP contribution < -0.4 is 10.5 Å². The Kier molecular flexibility index (Phi) is 4.59. The average molecular weight is 251 g/mol. The van der Waals surface area contributed by atoms with Gasteiger partial charge in [0.15, 0.2) is 11.6 Å². The zero-order valence-electron chi connectivity index (χ0n) is 11.0. The molecule has 3 heteroatoms. The molecule has 0 unspecified atom stereocenters. The normalized spacial score (nSPS) is 19.3. The number of ether oxygens (including phenoxy) is 1. The molecule has 0 aliphatic heterocycles. The highest BCUT2D eigenvalue weighted by molar-refractivity contribution is 5.37. The summed E-state index contributed by atoms with van der Waals surface area (Å²) in [6.07, 6.45) is 7.05. The van der Waals surface area contributed by atoms with Crippen molar-refractivity contribution in [2.24, 2.45) is 5.73 Å². The van der Waals surface area contributed by atoms with E-state index in [-0.39, 0.29) is 18.0 Å². The Balaban J connectivity index is 2.16. The van der Waals surface area contributed by atoms with Crippen LogP contribution in [0.25, 0.3) is 0 Å². The van der Waals surface area contributed by atoms with Gasteiger partial charge in [-0.15, -0.1) is 0 Å². The number of rotatable bonds is 3. The third-order valence-electron chi connectivity index (χ3n) is 3.57. The molecule has 100 valence electrons. The Morgan fingerprint density at radius 1 is 1.22 bits per heavy atom. The van der Waals surface area contributed by atoms with E-state index in [1.54, 1.807) is 6.07 Å². The smallest absolute Gasteiger partial charge is 0.165 e. The van der Waals surface area contributed by atoms with Crippen molar-refractivity contribution in [2.75, 3.05) is 0 Å². The SMILES string of the molecule is C[C@@H](N)c1cccc(F)c1OC1CCCCCC1. The maximum Gasteiger partial charge on any atom is 0.165 e. The van der Waals surface area contributed by atoms with Crippen molar-refractivity contribution in [3.05, 3.63) is 29.6 Å². The highest BCUT2D eigenvalue weighted by Crippen LogP contribution is 2.30. The van der Waals surface area contributed by atoms with E-state index in [0.717, 1.165) is 18.4 Å². The Labute approximate surface area is 108 Å². The fourth-order valence-electron chi connectivity index (χ4n) is 2.53. The third-order valence-corrected chi connectivity index (χ3v) is 3.57. The first kappa shape index (κ1) is 13.3. The molecule has 2 N–H and O–H groups in total. The minimum absolute atomic E-state index is 0.141. The highest BCUT2D eigenvalue weighted by atomic mass is 19.1. The largest absolute Gasteiger partial charge is 0.487 e. The molecular formula is C15H22FNO. The first-order chi connectivity index (χ1) is 8.68. The second-order valence-electron chi connectivity index (χ2n) is 5.18. The number of benzene rings is 1. The maximum atomic E-state index is 13.9. The summed E-state index contributed by atoms with van der Waals surface area (Å²) < 4.78 is 19.8. The number of hydrogen-bond acceptors (Lipinski definition) is 2. The Morgan fingerprint density at radius 3 is 2.50 bits per heavy atom. The Bertz CT molecular complexity index is 384. The molecule has 0 saturated heterocycles. The van der Waals surface area contributed by atoms with Crippen LogP contribution in [0.2, 0.25) is 0 Å². The van der Waals surface area contributed by atoms with Crippen LogP contribution in [0, 0.1) is 5.82 Å². The van der Waals surface area contributed by atoms with Crippen LogP contribution in [0.1, 0.15) is 57.1 Å². The molecule has 0 heterocycles. The lowest BCUT2D eigenvalue weighted by Gasteiger charge is -2.21. The van der Waals surface area contributed by atoms with E-state index in [1.165, 1.54) is 31.7 Å². The van der Waals surface area contributed by atoms with Gasteiger partial charge in [-0.05, 0) is 38.7 Å². The lowest BCUT2D eigenvalue weighted by molar-refractivity contribution is 0.173. The lowest BCUT2D eigenvalue weighted by atomic mass is 10.1. The van der Waals surface area contributed by atoms with Gasteiger partial charge >= 0.3 is 0 Å². The molecule has 1 aliphatic carbocycles. The molecular weight excluding hydrogens is 229 g/mol. The molecule has 1 fully saturated rings. The fourth-order valence-corrected chi connectivity index (χ4v) is 2.53. The van der Waals surface area contributed by atoms with Crippen molar-refractivity contribution in [3.63, 3.8) is 0 Å². The van der Waals surface area contributed by atoms with Crippen LogP contribution in [0.5, 0.6) is 5.75 Å². The third kappa shape index (κ3) is 3.22. The predicted molar refractivity (Wildman–Crippen MR) is 71.1 cm³/mol. The van der Waals surface area contributed by atoms with Gasteiger partial charge in [0, 0.05) is 11.6 Å². The molecule has 1 aromatic rings. The van der Waals surface area contributed by atoms with E-state index in [0.29, 0.717) is 5.75 Å². The zero-order chi connectivity index (χ0) is 13.0. The van der Waals surface area contributed by atoms with Crippen LogP contribution in [-0.2, 0) is 0 Å². The molecule has 2 nitrogen and oxygen atoms in total. The summed E-state index contributed by atoms with van der Waals surface area (Å²) >= 11 is 0. The average Bonchev–Trinajstić information content (AvgIpc) is 2.60. The van der Waals surface area contributed by atoms with E-state index in [1.807, 2.05) is 13.0 Å². The van der Waals surface area contributed by atoms with E-state index in [9.17, 15) is 4.39 Å². The molecule has 0 spiro atoms. The second kappa shape index (κ2) is 6.19. The van der Waals surface area contributed by atoms with E-state index < -0.39 is 0 Å². The van der Waals surface area contributed by atoms with Crippen LogP contribution in [-0.4, -0.2) is 6.10 Å². The van der Waals surface area contributed by atoms with Crippen molar-refractivity contribution < 1.29 is 9.13 Å². The Hall–Kier alpha value is -1.09.